The Kier molecular flexibility index (Phi) is 5.01. The number of likely N-dealkylation sites (tertiary alicyclic amines) is 1. The fourth-order valence-corrected chi connectivity index (χ4v) is 3.59. The third-order valence-corrected chi connectivity index (χ3v) is 5.01. The molecule has 1 N–H and O–H groups in total. The maximum absolute atomic E-state index is 12.6. The molecule has 2 aliphatic rings. The molecular weight excluding hydrogens is 333 g/mol. The predicted octanol–water partition coefficient (Wildman–Crippen LogP) is 3.23. The van der Waals surface area contributed by atoms with E-state index in [-0.39, 0.29) is 23.4 Å². The second-order valence-corrected chi connectivity index (χ2v) is 6.80. The minimum Gasteiger partial charge on any atom is -0.347 e. The number of alkyl halides is 3. The maximum atomic E-state index is 12.6. The van der Waals surface area contributed by atoms with Crippen molar-refractivity contribution in [2.75, 3.05) is 13.1 Å². The van der Waals surface area contributed by atoms with Crippen molar-refractivity contribution in [3.8, 4) is 0 Å². The number of hydrogen-bond donors (Lipinski definition) is 1. The van der Waals surface area contributed by atoms with Crippen LogP contribution in [0.3, 0.4) is 0 Å². The summed E-state index contributed by atoms with van der Waals surface area (Å²) in [5.74, 6) is -0.123. The highest BCUT2D eigenvalue weighted by Crippen LogP contribution is 2.29. The summed E-state index contributed by atoms with van der Waals surface area (Å²) in [6.07, 6.45) is 0.332. The fraction of sp³-hybridized carbons (Fsp3) is 0.556. The highest BCUT2D eigenvalue weighted by atomic mass is 19.4. The summed E-state index contributed by atoms with van der Waals surface area (Å²) < 4.78 is 37.7. The Labute approximate surface area is 144 Å². The second-order valence-electron chi connectivity index (χ2n) is 6.80. The predicted molar refractivity (Wildman–Crippen MR) is 85.9 cm³/mol. The van der Waals surface area contributed by atoms with Gasteiger partial charge in [0.2, 0.25) is 5.91 Å². The molecule has 1 aromatic carbocycles. The van der Waals surface area contributed by atoms with Crippen molar-refractivity contribution in [2.45, 2.75) is 44.3 Å². The lowest BCUT2D eigenvalue weighted by Crippen LogP contribution is -2.39. The highest BCUT2D eigenvalue weighted by Gasteiger charge is 2.33. The number of nitrogens with one attached hydrogen (secondary N) is 1. The molecule has 0 bridgehead atoms. The SMILES string of the molecule is O=C(NC1CCN(C(=O)C2CCCC2)C1)c1ccc(C(F)(F)F)cc1. The number of carbonyl (C=O) groups excluding carboxylic acids is 2. The van der Waals surface area contributed by atoms with Crippen LogP contribution in [0.25, 0.3) is 0 Å². The fourth-order valence-electron chi connectivity index (χ4n) is 3.59. The average molecular weight is 354 g/mol. The highest BCUT2D eigenvalue weighted by molar-refractivity contribution is 5.94. The van der Waals surface area contributed by atoms with Crippen LogP contribution in [0.15, 0.2) is 24.3 Å². The molecule has 0 spiro atoms. The van der Waals surface area contributed by atoms with Crippen LogP contribution in [0.5, 0.6) is 0 Å². The van der Waals surface area contributed by atoms with Crippen LogP contribution in [0.1, 0.15) is 48.0 Å². The zero-order chi connectivity index (χ0) is 18.0. The Hall–Kier alpha value is -2.05. The molecule has 1 saturated heterocycles. The van der Waals surface area contributed by atoms with Gasteiger partial charge < -0.3 is 10.2 Å². The Morgan fingerprint density at radius 1 is 1.04 bits per heavy atom. The summed E-state index contributed by atoms with van der Waals surface area (Å²) in [7, 11) is 0. The summed E-state index contributed by atoms with van der Waals surface area (Å²) in [4.78, 5) is 26.4. The molecule has 1 aliphatic carbocycles. The molecule has 1 saturated carbocycles. The molecule has 1 aliphatic heterocycles. The lowest BCUT2D eigenvalue weighted by atomic mass is 10.1. The average Bonchev–Trinajstić information content (AvgIpc) is 3.25. The molecule has 3 rings (SSSR count). The maximum Gasteiger partial charge on any atom is 0.416 e. The van der Waals surface area contributed by atoms with Crippen LogP contribution >= 0.6 is 0 Å². The van der Waals surface area contributed by atoms with Crippen molar-refractivity contribution in [2.24, 2.45) is 5.92 Å². The van der Waals surface area contributed by atoms with Gasteiger partial charge in [0.05, 0.1) is 5.56 Å². The monoisotopic (exact) mass is 354 g/mol. The molecule has 2 amide bonds. The Morgan fingerprint density at radius 2 is 1.68 bits per heavy atom. The third-order valence-electron chi connectivity index (χ3n) is 5.01. The van der Waals surface area contributed by atoms with Crippen molar-refractivity contribution in [1.82, 2.24) is 10.2 Å². The summed E-state index contributed by atoms with van der Waals surface area (Å²) >= 11 is 0. The number of rotatable bonds is 3. The van der Waals surface area contributed by atoms with Gasteiger partial charge in [-0.3, -0.25) is 9.59 Å². The van der Waals surface area contributed by atoms with E-state index in [2.05, 4.69) is 5.32 Å². The van der Waals surface area contributed by atoms with E-state index in [1.165, 1.54) is 12.1 Å². The van der Waals surface area contributed by atoms with Crippen LogP contribution in [0, 0.1) is 5.92 Å². The number of hydrogen-bond acceptors (Lipinski definition) is 2. The standard InChI is InChI=1S/C18H21F3N2O2/c19-18(20,21)14-7-5-12(6-8-14)16(24)22-15-9-10-23(11-15)17(25)13-3-1-2-4-13/h5-8,13,15H,1-4,9-11H2,(H,22,24). The number of nitrogens with zero attached hydrogens (tertiary/aromatic N) is 1. The van der Waals surface area contributed by atoms with Crippen LogP contribution in [-0.2, 0) is 11.0 Å². The number of amides is 2. The molecule has 7 heteroatoms. The van der Waals surface area contributed by atoms with Gasteiger partial charge in [-0.15, -0.1) is 0 Å². The van der Waals surface area contributed by atoms with Gasteiger partial charge >= 0.3 is 6.18 Å². The lowest BCUT2D eigenvalue weighted by Gasteiger charge is -2.20. The summed E-state index contributed by atoms with van der Waals surface area (Å²) in [5.41, 5.74) is -0.591. The number of carbonyl (C=O) groups is 2. The summed E-state index contributed by atoms with van der Waals surface area (Å²) in [6.45, 7) is 1.09. The van der Waals surface area contributed by atoms with E-state index in [0.29, 0.717) is 19.5 Å². The minimum atomic E-state index is -4.42. The van der Waals surface area contributed by atoms with Gasteiger partial charge in [0.15, 0.2) is 0 Å². The van der Waals surface area contributed by atoms with Crippen LogP contribution < -0.4 is 5.32 Å². The largest absolute Gasteiger partial charge is 0.416 e. The van der Waals surface area contributed by atoms with Gasteiger partial charge in [-0.2, -0.15) is 13.2 Å². The number of benzene rings is 1. The second kappa shape index (κ2) is 7.06. The van der Waals surface area contributed by atoms with Crippen molar-refractivity contribution in [1.29, 1.82) is 0 Å². The van der Waals surface area contributed by atoms with Crippen molar-refractivity contribution < 1.29 is 22.8 Å². The van der Waals surface area contributed by atoms with Gasteiger partial charge in [-0.1, -0.05) is 12.8 Å². The van der Waals surface area contributed by atoms with Crippen molar-refractivity contribution >= 4 is 11.8 Å². The van der Waals surface area contributed by atoms with E-state index in [1.807, 2.05) is 0 Å². The van der Waals surface area contributed by atoms with E-state index >= 15 is 0 Å². The van der Waals surface area contributed by atoms with E-state index in [1.54, 1.807) is 4.90 Å². The zero-order valence-electron chi connectivity index (χ0n) is 13.8. The summed E-state index contributed by atoms with van der Waals surface area (Å²) in [5, 5.41) is 2.81. The molecule has 4 nitrogen and oxygen atoms in total. The smallest absolute Gasteiger partial charge is 0.347 e. The summed E-state index contributed by atoms with van der Waals surface area (Å²) in [6, 6.07) is 4.00. The first-order chi connectivity index (χ1) is 11.8. The van der Waals surface area contributed by atoms with E-state index in [0.717, 1.165) is 37.8 Å². The Morgan fingerprint density at radius 3 is 2.28 bits per heavy atom. The molecule has 0 radical (unpaired) electrons. The molecule has 1 unspecified atom stereocenters. The topological polar surface area (TPSA) is 49.4 Å². The van der Waals surface area contributed by atoms with Gasteiger partial charge in [0.25, 0.3) is 5.91 Å². The van der Waals surface area contributed by atoms with Crippen LogP contribution in [0.4, 0.5) is 13.2 Å². The van der Waals surface area contributed by atoms with Gasteiger partial charge in [0.1, 0.15) is 0 Å². The third kappa shape index (κ3) is 4.14. The van der Waals surface area contributed by atoms with Crippen LogP contribution in [0.2, 0.25) is 0 Å². The van der Waals surface area contributed by atoms with Crippen LogP contribution in [-0.4, -0.2) is 35.8 Å². The van der Waals surface area contributed by atoms with Crippen molar-refractivity contribution in [3.05, 3.63) is 35.4 Å². The van der Waals surface area contributed by atoms with Crippen molar-refractivity contribution in [3.63, 3.8) is 0 Å². The minimum absolute atomic E-state index is 0.115. The Bertz CT molecular complexity index is 637. The van der Waals surface area contributed by atoms with Gasteiger partial charge in [-0.05, 0) is 43.5 Å². The van der Waals surface area contributed by atoms with E-state index in [4.69, 9.17) is 0 Å². The van der Waals surface area contributed by atoms with E-state index < -0.39 is 17.6 Å². The number of halogens is 3. The van der Waals surface area contributed by atoms with Gasteiger partial charge in [-0.25, -0.2) is 0 Å². The normalized spacial score (nSPS) is 21.6. The van der Waals surface area contributed by atoms with Gasteiger partial charge in [0, 0.05) is 30.6 Å². The molecule has 1 atom stereocenters. The van der Waals surface area contributed by atoms with E-state index in [9.17, 15) is 22.8 Å². The molecule has 25 heavy (non-hydrogen) atoms. The first kappa shape index (κ1) is 17.8. The lowest BCUT2D eigenvalue weighted by molar-refractivity contribution is -0.137. The zero-order valence-corrected chi connectivity index (χ0v) is 13.8. The Balaban J connectivity index is 1.54. The first-order valence-corrected chi connectivity index (χ1v) is 8.61. The molecule has 0 aromatic heterocycles. The molecule has 2 fully saturated rings. The molecule has 1 heterocycles. The molecule has 136 valence electrons. The first-order valence-electron chi connectivity index (χ1n) is 8.61. The molecular formula is C18H21F3N2O2. The molecule has 1 aromatic rings. The quantitative estimate of drug-likeness (QED) is 0.906.